The van der Waals surface area contributed by atoms with E-state index in [1.807, 2.05) is 12.2 Å². The van der Waals surface area contributed by atoms with Crippen molar-refractivity contribution in [3.05, 3.63) is 12.2 Å². The average molecular weight is 240 g/mol. The van der Waals surface area contributed by atoms with Gasteiger partial charge in [-0.15, -0.1) is 0 Å². The minimum atomic E-state index is -0.502. The Balaban J connectivity index is 2.14. The van der Waals surface area contributed by atoms with Gasteiger partial charge >= 0.3 is 12.2 Å². The second kappa shape index (κ2) is 4.65. The van der Waals surface area contributed by atoms with Gasteiger partial charge in [-0.2, -0.15) is 0 Å². The highest BCUT2D eigenvalue weighted by Gasteiger charge is 2.47. The van der Waals surface area contributed by atoms with Crippen LogP contribution in [0.25, 0.3) is 0 Å². The van der Waals surface area contributed by atoms with Crippen LogP contribution in [0.2, 0.25) is 0 Å². The van der Waals surface area contributed by atoms with Gasteiger partial charge in [0.05, 0.1) is 25.3 Å². The fourth-order valence-corrected chi connectivity index (χ4v) is 2.17. The Labute approximate surface area is 99.7 Å². The number of carbonyl (C=O) groups excluding carboxylic acids is 2. The quantitative estimate of drug-likeness (QED) is 0.687. The first kappa shape index (κ1) is 11.8. The summed E-state index contributed by atoms with van der Waals surface area (Å²) in [5.74, 6) is 0. The van der Waals surface area contributed by atoms with Gasteiger partial charge < -0.3 is 9.47 Å². The molecule has 0 N–H and O–H groups in total. The number of hydrazine groups is 1. The van der Waals surface area contributed by atoms with Gasteiger partial charge in [0, 0.05) is 0 Å². The van der Waals surface area contributed by atoms with E-state index in [0.717, 1.165) is 6.42 Å². The topological polar surface area (TPSA) is 59.1 Å². The van der Waals surface area contributed by atoms with Crippen molar-refractivity contribution in [3.8, 4) is 0 Å². The van der Waals surface area contributed by atoms with E-state index in [2.05, 4.69) is 0 Å². The predicted molar refractivity (Wildman–Crippen MR) is 59.1 cm³/mol. The number of amides is 2. The molecule has 1 aliphatic heterocycles. The highest BCUT2D eigenvalue weighted by Crippen LogP contribution is 2.33. The third kappa shape index (κ3) is 1.94. The van der Waals surface area contributed by atoms with Crippen molar-refractivity contribution in [2.45, 2.75) is 32.4 Å². The normalized spacial score (nSPS) is 25.3. The van der Waals surface area contributed by atoms with E-state index in [4.69, 9.17) is 9.47 Å². The van der Waals surface area contributed by atoms with Crippen LogP contribution in [-0.4, -0.2) is 47.5 Å². The van der Waals surface area contributed by atoms with Crippen LogP contribution in [0, 0.1) is 0 Å². The van der Waals surface area contributed by atoms with Gasteiger partial charge in [0.2, 0.25) is 0 Å². The summed E-state index contributed by atoms with van der Waals surface area (Å²) in [4.78, 5) is 23.5. The molecule has 1 saturated heterocycles. The predicted octanol–water partition coefficient (Wildman–Crippen LogP) is 1.53. The molecule has 2 bridgehead atoms. The van der Waals surface area contributed by atoms with Crippen molar-refractivity contribution < 1.29 is 19.1 Å². The Morgan fingerprint density at radius 2 is 1.47 bits per heavy atom. The molecule has 0 spiro atoms. The summed E-state index contributed by atoms with van der Waals surface area (Å²) in [6.07, 6.45) is 3.54. The molecule has 0 unspecified atom stereocenters. The second-order valence-electron chi connectivity index (χ2n) is 3.84. The van der Waals surface area contributed by atoms with Crippen molar-refractivity contribution in [3.63, 3.8) is 0 Å². The van der Waals surface area contributed by atoms with E-state index in [9.17, 15) is 9.59 Å². The maximum Gasteiger partial charge on any atom is 0.429 e. The average Bonchev–Trinajstić information content (AvgIpc) is 2.89. The SMILES string of the molecule is CCOC(=O)N1[C@H]2C=C[C@@H](C2)N1C(=O)OCC. The number of ether oxygens (including phenoxy) is 2. The number of carbonyl (C=O) groups is 2. The summed E-state index contributed by atoms with van der Waals surface area (Å²) in [5, 5.41) is 2.68. The van der Waals surface area contributed by atoms with Gasteiger partial charge in [-0.1, -0.05) is 12.2 Å². The molecule has 1 fully saturated rings. The number of hydrogen-bond donors (Lipinski definition) is 0. The van der Waals surface area contributed by atoms with Crippen LogP contribution in [-0.2, 0) is 9.47 Å². The molecule has 2 aliphatic rings. The van der Waals surface area contributed by atoms with Crippen LogP contribution in [0.4, 0.5) is 9.59 Å². The van der Waals surface area contributed by atoms with Gasteiger partial charge in [-0.05, 0) is 20.3 Å². The first-order valence-electron chi connectivity index (χ1n) is 5.79. The Kier molecular flexibility index (Phi) is 3.21. The molecule has 1 heterocycles. The number of fused-ring (bicyclic) bond motifs is 2. The first-order valence-corrected chi connectivity index (χ1v) is 5.79. The fraction of sp³-hybridized carbons (Fsp3) is 0.636. The maximum atomic E-state index is 11.8. The molecule has 0 aromatic rings. The lowest BCUT2D eigenvalue weighted by molar-refractivity contribution is -0.0130. The van der Waals surface area contributed by atoms with E-state index in [1.54, 1.807) is 13.8 Å². The van der Waals surface area contributed by atoms with Crippen molar-refractivity contribution >= 4 is 12.2 Å². The van der Waals surface area contributed by atoms with E-state index < -0.39 is 12.2 Å². The largest absolute Gasteiger partial charge is 0.448 e. The Morgan fingerprint density at radius 1 is 1.06 bits per heavy atom. The minimum Gasteiger partial charge on any atom is -0.448 e. The van der Waals surface area contributed by atoms with E-state index in [0.29, 0.717) is 0 Å². The zero-order valence-corrected chi connectivity index (χ0v) is 9.96. The lowest BCUT2D eigenvalue weighted by Gasteiger charge is -2.33. The first-order chi connectivity index (χ1) is 8.19. The van der Waals surface area contributed by atoms with Crippen LogP contribution in [0.3, 0.4) is 0 Å². The molecular weight excluding hydrogens is 224 g/mol. The summed E-state index contributed by atoms with van der Waals surface area (Å²) < 4.78 is 9.88. The van der Waals surface area contributed by atoms with Gasteiger partial charge in [0.25, 0.3) is 0 Å². The van der Waals surface area contributed by atoms with Crippen molar-refractivity contribution in [2.75, 3.05) is 13.2 Å². The molecule has 0 aromatic carbocycles. The fourth-order valence-electron chi connectivity index (χ4n) is 2.17. The maximum absolute atomic E-state index is 11.8. The number of rotatable bonds is 2. The molecule has 2 atom stereocenters. The van der Waals surface area contributed by atoms with Gasteiger partial charge in [-0.3, -0.25) is 0 Å². The van der Waals surface area contributed by atoms with E-state index in [-0.39, 0.29) is 25.3 Å². The van der Waals surface area contributed by atoms with Crippen molar-refractivity contribution in [1.82, 2.24) is 10.0 Å². The second-order valence-corrected chi connectivity index (χ2v) is 3.84. The molecule has 1 aliphatic carbocycles. The van der Waals surface area contributed by atoms with Crippen molar-refractivity contribution in [1.29, 1.82) is 0 Å². The van der Waals surface area contributed by atoms with E-state index >= 15 is 0 Å². The summed E-state index contributed by atoms with van der Waals surface area (Å²) in [6, 6.07) is -0.188. The lowest BCUT2D eigenvalue weighted by Crippen LogP contribution is -2.52. The Bertz CT molecular complexity index is 323. The molecule has 2 amide bonds. The number of nitrogens with zero attached hydrogens (tertiary/aromatic N) is 2. The molecule has 94 valence electrons. The molecule has 0 saturated carbocycles. The third-order valence-electron chi connectivity index (χ3n) is 2.81. The van der Waals surface area contributed by atoms with Crippen LogP contribution in [0.1, 0.15) is 20.3 Å². The minimum absolute atomic E-state index is 0.0940. The summed E-state index contributed by atoms with van der Waals surface area (Å²) in [5.41, 5.74) is 0. The lowest BCUT2D eigenvalue weighted by atomic mass is 10.2. The number of hydrogen-bond acceptors (Lipinski definition) is 4. The van der Waals surface area contributed by atoms with Crippen LogP contribution in [0.15, 0.2) is 12.2 Å². The van der Waals surface area contributed by atoms with Gasteiger partial charge in [0.15, 0.2) is 0 Å². The van der Waals surface area contributed by atoms with Gasteiger partial charge in [-0.25, -0.2) is 19.6 Å². The Hall–Kier alpha value is -1.72. The van der Waals surface area contributed by atoms with Crippen LogP contribution >= 0.6 is 0 Å². The summed E-state index contributed by atoms with van der Waals surface area (Å²) in [7, 11) is 0. The third-order valence-corrected chi connectivity index (χ3v) is 2.81. The molecule has 0 aromatic heterocycles. The van der Waals surface area contributed by atoms with E-state index in [1.165, 1.54) is 10.0 Å². The van der Waals surface area contributed by atoms with Crippen LogP contribution in [0.5, 0.6) is 0 Å². The summed E-state index contributed by atoms with van der Waals surface area (Å²) in [6.45, 7) is 4.04. The Morgan fingerprint density at radius 3 is 1.82 bits per heavy atom. The zero-order chi connectivity index (χ0) is 12.4. The molecule has 0 radical (unpaired) electrons. The molecule has 2 rings (SSSR count). The highest BCUT2D eigenvalue weighted by atomic mass is 16.6. The molecular formula is C11H16N2O4. The monoisotopic (exact) mass is 240 g/mol. The smallest absolute Gasteiger partial charge is 0.429 e. The zero-order valence-electron chi connectivity index (χ0n) is 9.96. The standard InChI is InChI=1S/C11H16N2O4/c1-3-16-10(14)12-8-5-6-9(7-8)13(12)11(15)17-4-2/h5-6,8-9H,3-4,7H2,1-2H3/t8-,9-/m0/s1. The molecule has 6 nitrogen and oxygen atoms in total. The van der Waals surface area contributed by atoms with Crippen molar-refractivity contribution in [2.24, 2.45) is 0 Å². The van der Waals surface area contributed by atoms with Gasteiger partial charge in [0.1, 0.15) is 0 Å². The van der Waals surface area contributed by atoms with Crippen LogP contribution < -0.4 is 0 Å². The molecule has 6 heteroatoms. The molecule has 17 heavy (non-hydrogen) atoms. The highest BCUT2D eigenvalue weighted by molar-refractivity contribution is 5.76. The summed E-state index contributed by atoms with van der Waals surface area (Å²) >= 11 is 0.